The standard InChI is InChI=1S/C19H16BrClN2O2S/c1-11-17(18(26-23-11)13-7-9-14(20)10-8-13)22-19(24)25-12(2)15-5-3-4-6-16(15)21/h3-10,12H,1-2H3,(H,22,24)/t12-/m1/s1. The number of hydrogen-bond donors (Lipinski definition) is 1. The van der Waals surface area contributed by atoms with Crippen molar-refractivity contribution in [1.82, 2.24) is 4.37 Å². The minimum Gasteiger partial charge on any atom is -0.441 e. The maximum atomic E-state index is 12.4. The Hall–Kier alpha value is -1.89. The van der Waals surface area contributed by atoms with Crippen LogP contribution < -0.4 is 5.32 Å². The summed E-state index contributed by atoms with van der Waals surface area (Å²) in [7, 11) is 0. The van der Waals surface area contributed by atoms with Crippen LogP contribution in [0.25, 0.3) is 10.4 Å². The number of benzene rings is 2. The van der Waals surface area contributed by atoms with Crippen LogP contribution in [-0.4, -0.2) is 10.5 Å². The van der Waals surface area contributed by atoms with E-state index in [1.807, 2.05) is 49.4 Å². The van der Waals surface area contributed by atoms with Gasteiger partial charge in [0.25, 0.3) is 0 Å². The third-order valence-electron chi connectivity index (χ3n) is 3.82. The van der Waals surface area contributed by atoms with Gasteiger partial charge in [-0.1, -0.05) is 57.9 Å². The normalized spacial score (nSPS) is 11.8. The zero-order chi connectivity index (χ0) is 18.7. The van der Waals surface area contributed by atoms with Crippen LogP contribution in [0.2, 0.25) is 5.02 Å². The summed E-state index contributed by atoms with van der Waals surface area (Å²) < 4.78 is 10.8. The Morgan fingerprint density at radius 2 is 1.92 bits per heavy atom. The summed E-state index contributed by atoms with van der Waals surface area (Å²) in [5, 5.41) is 3.39. The second-order valence-electron chi connectivity index (χ2n) is 5.67. The molecular formula is C19H16BrClN2O2S. The Morgan fingerprint density at radius 3 is 2.62 bits per heavy atom. The van der Waals surface area contributed by atoms with Gasteiger partial charge < -0.3 is 4.74 Å². The van der Waals surface area contributed by atoms with Gasteiger partial charge in [-0.05, 0) is 49.1 Å². The molecule has 0 saturated carbocycles. The Balaban J connectivity index is 1.77. The highest BCUT2D eigenvalue weighted by Gasteiger charge is 2.19. The van der Waals surface area contributed by atoms with Crippen molar-refractivity contribution in [2.24, 2.45) is 0 Å². The Kier molecular flexibility index (Phi) is 5.96. The maximum absolute atomic E-state index is 12.4. The molecule has 26 heavy (non-hydrogen) atoms. The van der Waals surface area contributed by atoms with E-state index in [4.69, 9.17) is 16.3 Å². The van der Waals surface area contributed by atoms with Gasteiger partial charge in [-0.2, -0.15) is 4.37 Å². The molecule has 0 unspecified atom stereocenters. The molecule has 0 aliphatic rings. The second kappa shape index (κ2) is 8.20. The fourth-order valence-electron chi connectivity index (χ4n) is 2.48. The third kappa shape index (κ3) is 4.26. The fraction of sp³-hybridized carbons (Fsp3) is 0.158. The molecule has 4 nitrogen and oxygen atoms in total. The SMILES string of the molecule is Cc1nsc(-c2ccc(Br)cc2)c1NC(=O)O[C@H](C)c1ccccc1Cl. The average molecular weight is 452 g/mol. The van der Waals surface area contributed by atoms with Crippen molar-refractivity contribution in [2.45, 2.75) is 20.0 Å². The van der Waals surface area contributed by atoms with Crippen LogP contribution in [0.4, 0.5) is 10.5 Å². The molecule has 0 aliphatic carbocycles. The number of amides is 1. The molecule has 0 bridgehead atoms. The van der Waals surface area contributed by atoms with Crippen molar-refractivity contribution in [3.8, 4) is 10.4 Å². The molecule has 2 aromatic carbocycles. The number of ether oxygens (including phenoxy) is 1. The first-order valence-corrected chi connectivity index (χ1v) is 9.84. The number of anilines is 1. The van der Waals surface area contributed by atoms with Crippen LogP contribution in [-0.2, 0) is 4.74 Å². The number of rotatable bonds is 4. The monoisotopic (exact) mass is 450 g/mol. The van der Waals surface area contributed by atoms with Crippen LogP contribution in [0.15, 0.2) is 53.0 Å². The van der Waals surface area contributed by atoms with E-state index < -0.39 is 12.2 Å². The van der Waals surface area contributed by atoms with Crippen molar-refractivity contribution >= 4 is 50.8 Å². The number of carbonyl (C=O) groups is 1. The minimum absolute atomic E-state index is 0.466. The van der Waals surface area contributed by atoms with Crippen molar-refractivity contribution < 1.29 is 9.53 Å². The van der Waals surface area contributed by atoms with Crippen LogP contribution in [0.5, 0.6) is 0 Å². The molecule has 1 aromatic heterocycles. The molecule has 134 valence electrons. The second-order valence-corrected chi connectivity index (χ2v) is 7.77. The highest BCUT2D eigenvalue weighted by molar-refractivity contribution is 9.10. The predicted octanol–water partition coefficient (Wildman–Crippen LogP) is 6.84. The minimum atomic E-state index is -0.543. The Labute approximate surface area is 169 Å². The lowest BCUT2D eigenvalue weighted by molar-refractivity contribution is 0.121. The van der Waals surface area contributed by atoms with Crippen LogP contribution >= 0.6 is 39.1 Å². The molecule has 1 N–H and O–H groups in total. The summed E-state index contributed by atoms with van der Waals surface area (Å²) in [6.45, 7) is 3.64. The quantitative estimate of drug-likeness (QED) is 0.472. The molecule has 1 heterocycles. The third-order valence-corrected chi connectivity index (χ3v) is 5.68. The maximum Gasteiger partial charge on any atom is 0.412 e. The van der Waals surface area contributed by atoms with E-state index in [0.717, 1.165) is 26.2 Å². The van der Waals surface area contributed by atoms with Gasteiger partial charge in [-0.25, -0.2) is 4.79 Å². The molecule has 0 spiro atoms. The Bertz CT molecular complexity index is 928. The lowest BCUT2D eigenvalue weighted by atomic mass is 10.1. The zero-order valence-corrected chi connectivity index (χ0v) is 17.3. The molecule has 3 rings (SSSR count). The predicted molar refractivity (Wildman–Crippen MR) is 110 cm³/mol. The Morgan fingerprint density at radius 1 is 1.23 bits per heavy atom. The summed E-state index contributed by atoms with van der Waals surface area (Å²) in [5.41, 5.74) is 3.15. The van der Waals surface area contributed by atoms with Crippen molar-refractivity contribution in [3.63, 3.8) is 0 Å². The number of aromatic nitrogens is 1. The molecule has 0 aliphatic heterocycles. The van der Waals surface area contributed by atoms with Gasteiger partial charge in [-0.15, -0.1) is 0 Å². The van der Waals surface area contributed by atoms with Crippen LogP contribution in [0, 0.1) is 6.92 Å². The molecule has 7 heteroatoms. The molecule has 1 amide bonds. The van der Waals surface area contributed by atoms with E-state index in [0.29, 0.717) is 10.7 Å². The first kappa shape index (κ1) is 18.9. The first-order valence-electron chi connectivity index (χ1n) is 7.90. The highest BCUT2D eigenvalue weighted by atomic mass is 79.9. The summed E-state index contributed by atoms with van der Waals surface area (Å²) >= 11 is 10.9. The molecular weight excluding hydrogens is 436 g/mol. The van der Waals surface area contributed by atoms with E-state index in [1.54, 1.807) is 13.0 Å². The van der Waals surface area contributed by atoms with Gasteiger partial charge in [-0.3, -0.25) is 5.32 Å². The highest BCUT2D eigenvalue weighted by Crippen LogP contribution is 2.35. The summed E-state index contributed by atoms with van der Waals surface area (Å²) in [6.07, 6.45) is -1.01. The van der Waals surface area contributed by atoms with Gasteiger partial charge in [0.15, 0.2) is 0 Å². The summed E-state index contributed by atoms with van der Waals surface area (Å²) in [4.78, 5) is 13.3. The number of carbonyl (C=O) groups excluding carboxylic acids is 1. The van der Waals surface area contributed by atoms with Gasteiger partial charge in [0, 0.05) is 15.1 Å². The van der Waals surface area contributed by atoms with Gasteiger partial charge in [0.05, 0.1) is 16.3 Å². The zero-order valence-electron chi connectivity index (χ0n) is 14.1. The fourth-order valence-corrected chi connectivity index (χ4v) is 3.88. The first-order chi connectivity index (χ1) is 12.5. The van der Waals surface area contributed by atoms with E-state index >= 15 is 0 Å². The molecule has 0 fully saturated rings. The molecule has 1 atom stereocenters. The number of aryl methyl sites for hydroxylation is 1. The average Bonchev–Trinajstić information content (AvgIpc) is 2.96. The topological polar surface area (TPSA) is 51.2 Å². The van der Waals surface area contributed by atoms with E-state index in [1.165, 1.54) is 11.5 Å². The van der Waals surface area contributed by atoms with Gasteiger partial charge in [0.2, 0.25) is 0 Å². The van der Waals surface area contributed by atoms with Crippen molar-refractivity contribution in [1.29, 1.82) is 0 Å². The molecule has 3 aromatic rings. The number of halogens is 2. The summed E-state index contributed by atoms with van der Waals surface area (Å²) in [6, 6.07) is 15.1. The number of nitrogens with zero attached hydrogens (tertiary/aromatic N) is 1. The van der Waals surface area contributed by atoms with Gasteiger partial charge >= 0.3 is 6.09 Å². The molecule has 0 saturated heterocycles. The van der Waals surface area contributed by atoms with E-state index in [9.17, 15) is 4.79 Å². The molecule has 0 radical (unpaired) electrons. The van der Waals surface area contributed by atoms with Crippen LogP contribution in [0.3, 0.4) is 0 Å². The van der Waals surface area contributed by atoms with Gasteiger partial charge in [0.1, 0.15) is 6.10 Å². The number of hydrogen-bond acceptors (Lipinski definition) is 4. The van der Waals surface area contributed by atoms with Crippen molar-refractivity contribution in [3.05, 3.63) is 69.3 Å². The van der Waals surface area contributed by atoms with E-state index in [2.05, 4.69) is 25.6 Å². The summed E-state index contributed by atoms with van der Waals surface area (Å²) in [5.74, 6) is 0. The lowest BCUT2D eigenvalue weighted by Crippen LogP contribution is -2.16. The van der Waals surface area contributed by atoms with Crippen LogP contribution in [0.1, 0.15) is 24.3 Å². The largest absolute Gasteiger partial charge is 0.441 e. The van der Waals surface area contributed by atoms with E-state index in [-0.39, 0.29) is 0 Å². The smallest absolute Gasteiger partial charge is 0.412 e. The van der Waals surface area contributed by atoms with Crippen molar-refractivity contribution in [2.75, 3.05) is 5.32 Å². The lowest BCUT2D eigenvalue weighted by Gasteiger charge is -2.15. The number of nitrogens with one attached hydrogen (secondary N) is 1.